The number of rotatable bonds is 4. The number of benzene rings is 1. The third-order valence-corrected chi connectivity index (χ3v) is 3.13. The fraction of sp³-hybridized carbons (Fsp3) is 0.214. The molecule has 1 heterocycles. The molecule has 1 aromatic carbocycles. The summed E-state index contributed by atoms with van der Waals surface area (Å²) < 4.78 is 13.7. The van der Waals surface area contributed by atoms with E-state index in [0.29, 0.717) is 11.3 Å². The van der Waals surface area contributed by atoms with Gasteiger partial charge in [-0.1, -0.05) is 6.07 Å². The molecule has 0 spiro atoms. The maximum atomic E-state index is 13.7. The van der Waals surface area contributed by atoms with E-state index in [1.807, 2.05) is 0 Å². The van der Waals surface area contributed by atoms with Crippen molar-refractivity contribution < 1.29 is 19.1 Å². The molecule has 21 heavy (non-hydrogen) atoms. The Morgan fingerprint density at radius 1 is 1.38 bits per heavy atom. The molecule has 0 radical (unpaired) electrons. The molecule has 0 aliphatic rings. The molecule has 0 aliphatic carbocycles. The lowest BCUT2D eigenvalue weighted by Gasteiger charge is -2.09. The number of anilines is 1. The second-order valence-electron chi connectivity index (χ2n) is 4.61. The van der Waals surface area contributed by atoms with Crippen LogP contribution in [0.5, 0.6) is 0 Å². The lowest BCUT2D eigenvalue weighted by atomic mass is 10.1. The number of aromatic amines is 1. The lowest BCUT2D eigenvalue weighted by Crippen LogP contribution is -2.18. The molecule has 0 bridgehead atoms. The number of para-hydroxylation sites is 1. The van der Waals surface area contributed by atoms with Crippen LogP contribution in [-0.4, -0.2) is 27.2 Å². The van der Waals surface area contributed by atoms with Gasteiger partial charge in [-0.05, 0) is 26.0 Å². The van der Waals surface area contributed by atoms with Gasteiger partial charge in [0, 0.05) is 11.3 Å². The number of halogens is 1. The largest absolute Gasteiger partial charge is 0.478 e. The number of aryl methyl sites for hydroxylation is 2. The number of carboxylic acid groups (broad SMARTS) is 1. The first kappa shape index (κ1) is 14.7. The summed E-state index contributed by atoms with van der Waals surface area (Å²) in [5.41, 5.74) is 1.52. The van der Waals surface area contributed by atoms with Gasteiger partial charge in [0.2, 0.25) is 5.91 Å². The van der Waals surface area contributed by atoms with E-state index in [1.165, 1.54) is 12.1 Å². The van der Waals surface area contributed by atoms with Crippen molar-refractivity contribution in [1.82, 2.24) is 10.2 Å². The van der Waals surface area contributed by atoms with Gasteiger partial charge in [0.25, 0.3) is 0 Å². The minimum atomic E-state index is -1.31. The third kappa shape index (κ3) is 3.07. The van der Waals surface area contributed by atoms with Crippen molar-refractivity contribution in [1.29, 1.82) is 0 Å². The van der Waals surface area contributed by atoms with Gasteiger partial charge in [-0.3, -0.25) is 9.89 Å². The van der Waals surface area contributed by atoms with E-state index in [0.717, 1.165) is 11.8 Å². The Morgan fingerprint density at radius 3 is 2.67 bits per heavy atom. The number of hydrogen-bond donors (Lipinski definition) is 3. The standard InChI is InChI=1S/C14H14FN3O3/c1-7-10(8(2)18-17-7)6-12(19)16-13-9(14(20)21)4-3-5-11(13)15/h3-5H,6H2,1-2H3,(H,16,19)(H,17,18)(H,20,21). The number of carbonyl (C=O) groups excluding carboxylic acids is 1. The number of nitrogens with zero attached hydrogens (tertiary/aromatic N) is 1. The molecule has 0 aliphatic heterocycles. The molecule has 7 heteroatoms. The third-order valence-electron chi connectivity index (χ3n) is 3.13. The lowest BCUT2D eigenvalue weighted by molar-refractivity contribution is -0.115. The van der Waals surface area contributed by atoms with Crippen LogP contribution in [0.4, 0.5) is 10.1 Å². The highest BCUT2D eigenvalue weighted by Gasteiger charge is 2.18. The topological polar surface area (TPSA) is 95.1 Å². The maximum absolute atomic E-state index is 13.7. The second-order valence-corrected chi connectivity index (χ2v) is 4.61. The smallest absolute Gasteiger partial charge is 0.337 e. The molecule has 0 atom stereocenters. The molecule has 1 aromatic heterocycles. The van der Waals surface area contributed by atoms with Crippen LogP contribution in [0.3, 0.4) is 0 Å². The summed E-state index contributed by atoms with van der Waals surface area (Å²) in [4.78, 5) is 23.0. The molecule has 2 aromatic rings. The number of amides is 1. The minimum absolute atomic E-state index is 0.0123. The summed E-state index contributed by atoms with van der Waals surface area (Å²) in [6.07, 6.45) is -0.0123. The predicted octanol–water partition coefficient (Wildman–Crippen LogP) is 2.05. The average molecular weight is 291 g/mol. The van der Waals surface area contributed by atoms with Crippen molar-refractivity contribution >= 4 is 17.6 Å². The van der Waals surface area contributed by atoms with Crippen LogP contribution >= 0.6 is 0 Å². The van der Waals surface area contributed by atoms with Gasteiger partial charge in [-0.15, -0.1) is 0 Å². The molecule has 0 saturated heterocycles. The van der Waals surface area contributed by atoms with Gasteiger partial charge in [-0.25, -0.2) is 9.18 Å². The first-order chi connectivity index (χ1) is 9.90. The highest BCUT2D eigenvalue weighted by molar-refractivity contribution is 6.01. The Balaban J connectivity index is 2.23. The van der Waals surface area contributed by atoms with E-state index >= 15 is 0 Å². The quantitative estimate of drug-likeness (QED) is 0.803. The molecule has 6 nitrogen and oxygen atoms in total. The Hall–Kier alpha value is -2.70. The van der Waals surface area contributed by atoms with E-state index in [2.05, 4.69) is 15.5 Å². The van der Waals surface area contributed by atoms with Crippen molar-refractivity contribution in [2.45, 2.75) is 20.3 Å². The van der Waals surface area contributed by atoms with Gasteiger partial charge < -0.3 is 10.4 Å². The fourth-order valence-electron chi connectivity index (χ4n) is 2.01. The summed E-state index contributed by atoms with van der Waals surface area (Å²) in [7, 11) is 0. The number of nitrogens with one attached hydrogen (secondary N) is 2. The summed E-state index contributed by atoms with van der Waals surface area (Å²) >= 11 is 0. The van der Waals surface area contributed by atoms with Crippen molar-refractivity contribution in [2.24, 2.45) is 0 Å². The number of hydrogen-bond acceptors (Lipinski definition) is 3. The number of carboxylic acids is 1. The van der Waals surface area contributed by atoms with Crippen LogP contribution in [0, 0.1) is 19.7 Å². The number of aromatic carboxylic acids is 1. The SMILES string of the molecule is Cc1n[nH]c(C)c1CC(=O)Nc1c(F)cccc1C(=O)O. The highest BCUT2D eigenvalue weighted by Crippen LogP contribution is 2.20. The first-order valence-electron chi connectivity index (χ1n) is 6.22. The van der Waals surface area contributed by atoms with E-state index in [4.69, 9.17) is 5.11 Å². The van der Waals surface area contributed by atoms with Crippen LogP contribution in [0.2, 0.25) is 0 Å². The number of aromatic nitrogens is 2. The highest BCUT2D eigenvalue weighted by atomic mass is 19.1. The minimum Gasteiger partial charge on any atom is -0.478 e. The van der Waals surface area contributed by atoms with Gasteiger partial charge in [0.15, 0.2) is 0 Å². The van der Waals surface area contributed by atoms with Crippen molar-refractivity contribution in [3.63, 3.8) is 0 Å². The molecule has 1 amide bonds. The summed E-state index contributed by atoms with van der Waals surface area (Å²) in [5, 5.41) is 18.0. The van der Waals surface area contributed by atoms with E-state index in [1.54, 1.807) is 13.8 Å². The molecule has 2 rings (SSSR count). The molecular formula is C14H14FN3O3. The van der Waals surface area contributed by atoms with Gasteiger partial charge in [0.05, 0.1) is 23.4 Å². The molecular weight excluding hydrogens is 277 g/mol. The van der Waals surface area contributed by atoms with Gasteiger partial charge in [-0.2, -0.15) is 5.10 Å². The zero-order valence-electron chi connectivity index (χ0n) is 11.5. The summed E-state index contributed by atoms with van der Waals surface area (Å²) in [6, 6.07) is 3.60. The summed E-state index contributed by atoms with van der Waals surface area (Å²) in [6.45, 7) is 3.52. The van der Waals surface area contributed by atoms with Crippen LogP contribution in [0.15, 0.2) is 18.2 Å². The molecule has 3 N–H and O–H groups in total. The first-order valence-corrected chi connectivity index (χ1v) is 6.22. The Labute approximate surface area is 120 Å². The fourth-order valence-corrected chi connectivity index (χ4v) is 2.01. The van der Waals surface area contributed by atoms with Crippen LogP contribution < -0.4 is 5.32 Å². The second kappa shape index (κ2) is 5.74. The molecule has 110 valence electrons. The van der Waals surface area contributed by atoms with E-state index in [9.17, 15) is 14.0 Å². The van der Waals surface area contributed by atoms with Crippen molar-refractivity contribution in [3.05, 3.63) is 46.5 Å². The normalized spacial score (nSPS) is 10.4. The van der Waals surface area contributed by atoms with Gasteiger partial charge in [0.1, 0.15) is 5.82 Å². The number of carbonyl (C=O) groups is 2. The zero-order valence-corrected chi connectivity index (χ0v) is 11.5. The van der Waals surface area contributed by atoms with Crippen molar-refractivity contribution in [2.75, 3.05) is 5.32 Å². The predicted molar refractivity (Wildman–Crippen MR) is 73.8 cm³/mol. The van der Waals surface area contributed by atoms with Crippen LogP contribution in [0.25, 0.3) is 0 Å². The Kier molecular flexibility index (Phi) is 4.02. The van der Waals surface area contributed by atoms with E-state index in [-0.39, 0.29) is 17.7 Å². The zero-order chi connectivity index (χ0) is 15.6. The molecule has 0 saturated carbocycles. The molecule has 0 fully saturated rings. The maximum Gasteiger partial charge on any atom is 0.337 e. The van der Waals surface area contributed by atoms with Crippen LogP contribution in [-0.2, 0) is 11.2 Å². The van der Waals surface area contributed by atoms with Crippen molar-refractivity contribution in [3.8, 4) is 0 Å². The average Bonchev–Trinajstić information content (AvgIpc) is 2.72. The Morgan fingerprint density at radius 2 is 2.10 bits per heavy atom. The molecule has 0 unspecified atom stereocenters. The van der Waals surface area contributed by atoms with Gasteiger partial charge >= 0.3 is 5.97 Å². The summed E-state index contributed by atoms with van der Waals surface area (Å²) in [5.74, 6) is -2.60. The monoisotopic (exact) mass is 291 g/mol. The van der Waals surface area contributed by atoms with Crippen LogP contribution in [0.1, 0.15) is 27.3 Å². The Bertz CT molecular complexity index is 690. The van der Waals surface area contributed by atoms with E-state index < -0.39 is 17.7 Å². The number of H-pyrrole nitrogens is 1.